The van der Waals surface area contributed by atoms with Crippen LogP contribution in [0.3, 0.4) is 0 Å². The van der Waals surface area contributed by atoms with Crippen molar-refractivity contribution >= 4 is 11.6 Å². The molecule has 17 heavy (non-hydrogen) atoms. The topological polar surface area (TPSA) is 30.7 Å². The molecule has 0 aromatic carbocycles. The molecule has 3 nitrogen and oxygen atoms in total. The van der Waals surface area contributed by atoms with Gasteiger partial charge in [-0.05, 0) is 55.0 Å². The van der Waals surface area contributed by atoms with Crippen LogP contribution in [0.1, 0.15) is 44.9 Å². The Morgan fingerprint density at radius 1 is 1.29 bits per heavy atom. The van der Waals surface area contributed by atoms with Crippen LogP contribution in [-0.4, -0.2) is 14.8 Å². The Bertz CT molecular complexity index is 401. The summed E-state index contributed by atoms with van der Waals surface area (Å²) < 4.78 is 2.15. The Morgan fingerprint density at radius 3 is 2.82 bits per heavy atom. The van der Waals surface area contributed by atoms with Crippen molar-refractivity contribution in [2.45, 2.75) is 52.0 Å². The maximum atomic E-state index is 6.15. The van der Waals surface area contributed by atoms with Crippen LogP contribution in [0.5, 0.6) is 0 Å². The van der Waals surface area contributed by atoms with Gasteiger partial charge in [0.15, 0.2) is 0 Å². The van der Waals surface area contributed by atoms with Gasteiger partial charge in [0.1, 0.15) is 5.82 Å². The molecular weight excluding hydrogens is 234 g/mol. The van der Waals surface area contributed by atoms with Crippen molar-refractivity contribution in [1.82, 2.24) is 14.8 Å². The molecule has 0 N–H and O–H groups in total. The van der Waals surface area contributed by atoms with Crippen molar-refractivity contribution in [1.29, 1.82) is 0 Å². The van der Waals surface area contributed by atoms with Gasteiger partial charge in [-0.15, -0.1) is 10.2 Å². The predicted molar refractivity (Wildman–Crippen MR) is 68.0 cm³/mol. The van der Waals surface area contributed by atoms with Crippen molar-refractivity contribution in [3.05, 3.63) is 11.1 Å². The SMILES string of the molecule is CCCc1nnc(Cl)n1CC1CC2CCC1C2. The van der Waals surface area contributed by atoms with E-state index in [-0.39, 0.29) is 0 Å². The number of fused-ring (bicyclic) bond motifs is 2. The summed E-state index contributed by atoms with van der Waals surface area (Å²) in [4.78, 5) is 0. The van der Waals surface area contributed by atoms with Gasteiger partial charge in [0.2, 0.25) is 5.28 Å². The first-order valence-corrected chi connectivity index (χ1v) is 7.23. The number of rotatable bonds is 4. The van der Waals surface area contributed by atoms with Crippen molar-refractivity contribution < 1.29 is 0 Å². The van der Waals surface area contributed by atoms with Crippen molar-refractivity contribution in [2.24, 2.45) is 17.8 Å². The highest BCUT2D eigenvalue weighted by molar-refractivity contribution is 6.28. The molecule has 0 spiro atoms. The smallest absolute Gasteiger partial charge is 0.225 e. The molecule has 2 aliphatic carbocycles. The number of hydrogen-bond acceptors (Lipinski definition) is 2. The van der Waals surface area contributed by atoms with Gasteiger partial charge in [-0.1, -0.05) is 13.3 Å². The molecule has 4 heteroatoms. The van der Waals surface area contributed by atoms with E-state index in [0.717, 1.165) is 43.0 Å². The molecule has 0 saturated heterocycles. The number of aryl methyl sites for hydroxylation is 1. The zero-order valence-corrected chi connectivity index (χ0v) is 11.2. The number of aromatic nitrogens is 3. The highest BCUT2D eigenvalue weighted by atomic mass is 35.5. The van der Waals surface area contributed by atoms with Crippen LogP contribution in [0.25, 0.3) is 0 Å². The third-order valence-electron chi connectivity index (χ3n) is 4.56. The summed E-state index contributed by atoms with van der Waals surface area (Å²) >= 11 is 6.15. The molecule has 3 atom stereocenters. The highest BCUT2D eigenvalue weighted by Crippen LogP contribution is 2.49. The minimum Gasteiger partial charge on any atom is -0.301 e. The number of nitrogens with zero attached hydrogens (tertiary/aromatic N) is 3. The molecule has 0 radical (unpaired) electrons. The van der Waals surface area contributed by atoms with Gasteiger partial charge in [0.05, 0.1) is 0 Å². The number of hydrogen-bond donors (Lipinski definition) is 0. The van der Waals surface area contributed by atoms with Gasteiger partial charge >= 0.3 is 0 Å². The van der Waals surface area contributed by atoms with Gasteiger partial charge in [0.25, 0.3) is 0 Å². The van der Waals surface area contributed by atoms with Crippen LogP contribution in [0, 0.1) is 17.8 Å². The lowest BCUT2D eigenvalue weighted by molar-refractivity contribution is 0.292. The third kappa shape index (κ3) is 2.10. The Kier molecular flexibility index (Phi) is 3.12. The first kappa shape index (κ1) is 11.5. The fourth-order valence-corrected chi connectivity index (χ4v) is 3.94. The van der Waals surface area contributed by atoms with Crippen molar-refractivity contribution in [2.75, 3.05) is 0 Å². The normalized spacial score (nSPS) is 31.3. The zero-order chi connectivity index (χ0) is 11.8. The van der Waals surface area contributed by atoms with Gasteiger partial charge in [-0.3, -0.25) is 0 Å². The lowest BCUT2D eigenvalue weighted by atomic mass is 9.89. The minimum atomic E-state index is 0.580. The summed E-state index contributed by atoms with van der Waals surface area (Å²) in [5.41, 5.74) is 0. The molecular formula is C13H20ClN3. The molecule has 2 bridgehead atoms. The standard InChI is InChI=1S/C13H20ClN3/c1-2-3-12-15-16-13(14)17(12)8-11-7-9-4-5-10(11)6-9/h9-11H,2-8H2,1H3. The molecule has 0 aliphatic heterocycles. The fourth-order valence-electron chi connectivity index (χ4n) is 3.74. The summed E-state index contributed by atoms with van der Waals surface area (Å²) in [5, 5.41) is 8.79. The first-order valence-electron chi connectivity index (χ1n) is 6.85. The van der Waals surface area contributed by atoms with Crippen LogP contribution in [0.2, 0.25) is 5.28 Å². The van der Waals surface area contributed by atoms with Gasteiger partial charge in [0, 0.05) is 13.0 Å². The molecule has 3 rings (SSSR count). The summed E-state index contributed by atoms with van der Waals surface area (Å²) in [7, 11) is 0. The summed E-state index contributed by atoms with van der Waals surface area (Å²) in [6.45, 7) is 3.22. The van der Waals surface area contributed by atoms with Crippen LogP contribution in [-0.2, 0) is 13.0 Å². The Hall–Kier alpha value is -0.570. The molecule has 3 unspecified atom stereocenters. The van der Waals surface area contributed by atoms with E-state index in [1.165, 1.54) is 25.7 Å². The van der Waals surface area contributed by atoms with Crippen LogP contribution in [0.15, 0.2) is 0 Å². The van der Waals surface area contributed by atoms with Crippen LogP contribution in [0.4, 0.5) is 0 Å². The summed E-state index contributed by atoms with van der Waals surface area (Å²) in [6, 6.07) is 0. The first-order chi connectivity index (χ1) is 8.28. The molecule has 2 saturated carbocycles. The molecule has 2 fully saturated rings. The largest absolute Gasteiger partial charge is 0.301 e. The second-order valence-electron chi connectivity index (χ2n) is 5.68. The van der Waals surface area contributed by atoms with E-state index in [9.17, 15) is 0 Å². The molecule has 0 amide bonds. The lowest BCUT2D eigenvalue weighted by Gasteiger charge is -2.22. The maximum Gasteiger partial charge on any atom is 0.225 e. The Labute approximate surface area is 108 Å². The van der Waals surface area contributed by atoms with E-state index in [1.54, 1.807) is 0 Å². The highest BCUT2D eigenvalue weighted by Gasteiger charge is 2.39. The second kappa shape index (κ2) is 4.60. The summed E-state index contributed by atoms with van der Waals surface area (Å²) in [5.74, 6) is 3.82. The van der Waals surface area contributed by atoms with Gasteiger partial charge in [-0.25, -0.2) is 0 Å². The Balaban J connectivity index is 1.74. The van der Waals surface area contributed by atoms with Crippen LogP contribution < -0.4 is 0 Å². The Morgan fingerprint density at radius 2 is 2.18 bits per heavy atom. The fraction of sp³-hybridized carbons (Fsp3) is 0.846. The summed E-state index contributed by atoms with van der Waals surface area (Å²) in [6.07, 6.45) is 7.82. The lowest BCUT2D eigenvalue weighted by Crippen LogP contribution is -2.19. The minimum absolute atomic E-state index is 0.580. The molecule has 2 aliphatic rings. The predicted octanol–water partition coefficient (Wildman–Crippen LogP) is 3.32. The molecule has 1 aromatic heterocycles. The second-order valence-corrected chi connectivity index (χ2v) is 6.02. The van der Waals surface area contributed by atoms with E-state index in [2.05, 4.69) is 21.7 Å². The molecule has 1 aromatic rings. The van der Waals surface area contributed by atoms with E-state index in [4.69, 9.17) is 11.6 Å². The maximum absolute atomic E-state index is 6.15. The van der Waals surface area contributed by atoms with Gasteiger partial charge in [-0.2, -0.15) is 0 Å². The van der Waals surface area contributed by atoms with Crippen molar-refractivity contribution in [3.8, 4) is 0 Å². The monoisotopic (exact) mass is 253 g/mol. The van der Waals surface area contributed by atoms with Crippen molar-refractivity contribution in [3.63, 3.8) is 0 Å². The van der Waals surface area contributed by atoms with E-state index in [1.807, 2.05) is 0 Å². The van der Waals surface area contributed by atoms with E-state index in [0.29, 0.717) is 5.28 Å². The van der Waals surface area contributed by atoms with Crippen LogP contribution >= 0.6 is 11.6 Å². The average Bonchev–Trinajstić information content (AvgIpc) is 3.00. The molecule has 94 valence electrons. The third-order valence-corrected chi connectivity index (χ3v) is 4.84. The molecule has 1 heterocycles. The van der Waals surface area contributed by atoms with Gasteiger partial charge < -0.3 is 4.57 Å². The quantitative estimate of drug-likeness (QED) is 0.824. The zero-order valence-electron chi connectivity index (χ0n) is 10.4. The average molecular weight is 254 g/mol. The number of halogens is 1. The van der Waals surface area contributed by atoms with E-state index < -0.39 is 0 Å². The van der Waals surface area contributed by atoms with E-state index >= 15 is 0 Å².